The van der Waals surface area contributed by atoms with Gasteiger partial charge in [-0.3, -0.25) is 14.6 Å². The van der Waals surface area contributed by atoms with Crippen LogP contribution in [0.2, 0.25) is 0 Å². The Morgan fingerprint density at radius 3 is 2.71 bits per heavy atom. The second-order valence-corrected chi connectivity index (χ2v) is 6.58. The normalized spacial score (nSPS) is 22.6. The lowest BCUT2D eigenvalue weighted by atomic mass is 9.96. The van der Waals surface area contributed by atoms with Crippen molar-refractivity contribution in [1.29, 1.82) is 0 Å². The maximum atomic E-state index is 12.5. The number of nitrogens with zero attached hydrogens (tertiary/aromatic N) is 2. The van der Waals surface area contributed by atoms with Crippen LogP contribution in [-0.4, -0.2) is 44.9 Å². The molecule has 2 N–H and O–H groups in total. The van der Waals surface area contributed by atoms with Crippen molar-refractivity contribution in [2.45, 2.75) is 44.2 Å². The molecule has 0 unspecified atom stereocenters. The molecule has 1 aliphatic carbocycles. The van der Waals surface area contributed by atoms with Crippen LogP contribution in [0.1, 0.15) is 37.8 Å². The molecular formula is C17H21N3O4. The Morgan fingerprint density at radius 2 is 2.08 bits per heavy atom. The van der Waals surface area contributed by atoms with E-state index in [2.05, 4.69) is 10.3 Å². The van der Waals surface area contributed by atoms with Crippen LogP contribution in [-0.2, 0) is 20.9 Å². The van der Waals surface area contributed by atoms with Gasteiger partial charge in [0.05, 0.1) is 18.2 Å². The van der Waals surface area contributed by atoms with E-state index in [-0.39, 0.29) is 18.2 Å². The third-order valence-corrected chi connectivity index (χ3v) is 4.89. The number of amides is 2. The number of aromatic nitrogens is 1. The Labute approximate surface area is 140 Å². The quantitative estimate of drug-likeness (QED) is 0.836. The maximum Gasteiger partial charge on any atom is 0.329 e. The Balaban J connectivity index is 1.62. The van der Waals surface area contributed by atoms with Gasteiger partial charge in [0, 0.05) is 19.2 Å². The number of carbonyl (C=O) groups excluding carboxylic acids is 2. The predicted octanol–water partition coefficient (Wildman–Crippen LogP) is 0.944. The maximum absolute atomic E-state index is 12.5. The van der Waals surface area contributed by atoms with Crippen LogP contribution in [0.25, 0.3) is 0 Å². The molecular weight excluding hydrogens is 310 g/mol. The molecule has 1 saturated heterocycles. The van der Waals surface area contributed by atoms with Gasteiger partial charge in [0.1, 0.15) is 5.54 Å². The molecule has 1 aliphatic heterocycles. The lowest BCUT2D eigenvalue weighted by molar-refractivity contribution is -0.148. The molecule has 1 aromatic heterocycles. The minimum absolute atomic E-state index is 0.100. The summed E-state index contributed by atoms with van der Waals surface area (Å²) in [6.45, 7) is 0.671. The molecule has 24 heavy (non-hydrogen) atoms. The van der Waals surface area contributed by atoms with Gasteiger partial charge in [0.25, 0.3) is 0 Å². The van der Waals surface area contributed by atoms with E-state index >= 15 is 0 Å². The molecule has 0 radical (unpaired) electrons. The highest BCUT2D eigenvalue weighted by atomic mass is 16.4. The number of pyridine rings is 1. The van der Waals surface area contributed by atoms with Gasteiger partial charge < -0.3 is 15.3 Å². The van der Waals surface area contributed by atoms with Gasteiger partial charge in [-0.25, -0.2) is 4.79 Å². The molecule has 2 amide bonds. The molecule has 1 atom stereocenters. The molecule has 3 rings (SSSR count). The fourth-order valence-corrected chi connectivity index (χ4v) is 3.50. The van der Waals surface area contributed by atoms with Crippen molar-refractivity contribution in [2.24, 2.45) is 5.92 Å². The number of carbonyl (C=O) groups is 3. The van der Waals surface area contributed by atoms with Crippen LogP contribution < -0.4 is 5.32 Å². The summed E-state index contributed by atoms with van der Waals surface area (Å²) >= 11 is 0. The van der Waals surface area contributed by atoms with Crippen molar-refractivity contribution in [3.8, 4) is 0 Å². The molecule has 2 fully saturated rings. The molecule has 1 saturated carbocycles. The third-order valence-electron chi connectivity index (χ3n) is 4.89. The topological polar surface area (TPSA) is 99.6 Å². The van der Waals surface area contributed by atoms with Gasteiger partial charge in [-0.1, -0.05) is 18.9 Å². The van der Waals surface area contributed by atoms with Gasteiger partial charge in [-0.05, 0) is 25.0 Å². The first-order valence-corrected chi connectivity index (χ1v) is 8.23. The van der Waals surface area contributed by atoms with Crippen molar-refractivity contribution in [3.63, 3.8) is 0 Å². The van der Waals surface area contributed by atoms with Gasteiger partial charge in [-0.2, -0.15) is 0 Å². The summed E-state index contributed by atoms with van der Waals surface area (Å²) in [6.07, 6.45) is 4.27. The summed E-state index contributed by atoms with van der Waals surface area (Å²) in [5.41, 5.74) is -0.390. The minimum atomic E-state index is -1.16. The van der Waals surface area contributed by atoms with Crippen molar-refractivity contribution >= 4 is 17.8 Å². The summed E-state index contributed by atoms with van der Waals surface area (Å²) in [7, 11) is 0. The summed E-state index contributed by atoms with van der Waals surface area (Å²) in [6, 6.07) is 5.49. The average molecular weight is 331 g/mol. The highest BCUT2D eigenvalue weighted by Gasteiger charge is 2.45. The predicted molar refractivity (Wildman–Crippen MR) is 84.7 cm³/mol. The summed E-state index contributed by atoms with van der Waals surface area (Å²) in [5.74, 6) is -1.92. The standard InChI is InChI=1S/C17H21N3O4/c21-14-9-12(10-20(14)11-13-5-1-4-8-18-13)15(22)19-17(16(23)24)6-2-3-7-17/h1,4-5,8,12H,2-3,6-7,9-11H2,(H,19,22)(H,23,24)/t12-/m0/s1. The number of aliphatic carboxylic acids is 1. The smallest absolute Gasteiger partial charge is 0.329 e. The fourth-order valence-electron chi connectivity index (χ4n) is 3.50. The third kappa shape index (κ3) is 3.25. The first kappa shape index (κ1) is 16.4. The van der Waals surface area contributed by atoms with Gasteiger partial charge in [-0.15, -0.1) is 0 Å². The van der Waals surface area contributed by atoms with Crippen molar-refractivity contribution in [1.82, 2.24) is 15.2 Å². The molecule has 2 heterocycles. The molecule has 2 aliphatic rings. The van der Waals surface area contributed by atoms with E-state index in [0.717, 1.165) is 18.5 Å². The fraction of sp³-hybridized carbons (Fsp3) is 0.529. The van der Waals surface area contributed by atoms with E-state index < -0.39 is 17.4 Å². The number of hydrogen-bond acceptors (Lipinski definition) is 4. The second-order valence-electron chi connectivity index (χ2n) is 6.58. The molecule has 0 aromatic carbocycles. The van der Waals surface area contributed by atoms with E-state index in [4.69, 9.17) is 0 Å². The number of carboxylic acid groups (broad SMARTS) is 1. The highest BCUT2D eigenvalue weighted by molar-refractivity contribution is 5.92. The Hall–Kier alpha value is -2.44. The number of nitrogens with one attached hydrogen (secondary N) is 1. The van der Waals surface area contributed by atoms with E-state index in [1.165, 1.54) is 0 Å². The SMILES string of the molecule is O=C(NC1(C(=O)O)CCCC1)[C@H]1CC(=O)N(Cc2ccccn2)C1. The molecule has 128 valence electrons. The van der Waals surface area contributed by atoms with Crippen LogP contribution in [0, 0.1) is 5.92 Å². The zero-order valence-electron chi connectivity index (χ0n) is 13.4. The monoisotopic (exact) mass is 331 g/mol. The first-order chi connectivity index (χ1) is 11.5. The van der Waals surface area contributed by atoms with Crippen LogP contribution in [0.15, 0.2) is 24.4 Å². The molecule has 0 spiro atoms. The van der Waals surface area contributed by atoms with E-state index in [1.54, 1.807) is 17.2 Å². The minimum Gasteiger partial charge on any atom is -0.480 e. The Morgan fingerprint density at radius 1 is 1.33 bits per heavy atom. The highest BCUT2D eigenvalue weighted by Crippen LogP contribution is 2.31. The molecule has 0 bridgehead atoms. The zero-order chi connectivity index (χ0) is 17.2. The van der Waals surface area contributed by atoms with Gasteiger partial charge >= 0.3 is 5.97 Å². The average Bonchev–Trinajstić information content (AvgIpc) is 3.17. The lowest BCUT2D eigenvalue weighted by Crippen LogP contribution is -2.54. The van der Waals surface area contributed by atoms with Crippen molar-refractivity contribution in [3.05, 3.63) is 30.1 Å². The second kappa shape index (κ2) is 6.59. The number of likely N-dealkylation sites (tertiary alicyclic amines) is 1. The zero-order valence-corrected chi connectivity index (χ0v) is 13.4. The Kier molecular flexibility index (Phi) is 4.51. The van der Waals surface area contributed by atoms with Crippen molar-refractivity contribution in [2.75, 3.05) is 6.54 Å². The summed E-state index contributed by atoms with van der Waals surface area (Å²) < 4.78 is 0. The van der Waals surface area contributed by atoms with Crippen LogP contribution in [0.3, 0.4) is 0 Å². The molecule has 7 nitrogen and oxygen atoms in total. The van der Waals surface area contributed by atoms with Gasteiger partial charge in [0.2, 0.25) is 11.8 Å². The number of hydrogen-bond donors (Lipinski definition) is 2. The van der Waals surface area contributed by atoms with E-state index in [1.807, 2.05) is 12.1 Å². The molecule has 7 heteroatoms. The summed E-state index contributed by atoms with van der Waals surface area (Å²) in [5, 5.41) is 12.2. The van der Waals surface area contributed by atoms with E-state index in [9.17, 15) is 19.5 Å². The number of carboxylic acids is 1. The van der Waals surface area contributed by atoms with Crippen LogP contribution in [0.5, 0.6) is 0 Å². The first-order valence-electron chi connectivity index (χ1n) is 8.23. The number of rotatable bonds is 5. The van der Waals surface area contributed by atoms with E-state index in [0.29, 0.717) is 25.9 Å². The van der Waals surface area contributed by atoms with Crippen LogP contribution >= 0.6 is 0 Å². The Bertz CT molecular complexity index is 640. The largest absolute Gasteiger partial charge is 0.480 e. The summed E-state index contributed by atoms with van der Waals surface area (Å²) in [4.78, 5) is 42.0. The molecule has 1 aromatic rings. The lowest BCUT2D eigenvalue weighted by Gasteiger charge is -2.27. The van der Waals surface area contributed by atoms with Gasteiger partial charge in [0.15, 0.2) is 0 Å². The van der Waals surface area contributed by atoms with Crippen LogP contribution in [0.4, 0.5) is 0 Å². The van der Waals surface area contributed by atoms with Crippen molar-refractivity contribution < 1.29 is 19.5 Å².